The highest BCUT2D eigenvalue weighted by atomic mass is 79.9. The molecule has 0 spiro atoms. The van der Waals surface area contributed by atoms with E-state index in [2.05, 4.69) is 26.3 Å². The highest BCUT2D eigenvalue weighted by molar-refractivity contribution is 9.10. The molecule has 0 unspecified atom stereocenters. The third-order valence-electron chi connectivity index (χ3n) is 3.58. The van der Waals surface area contributed by atoms with E-state index in [0.29, 0.717) is 18.0 Å². The van der Waals surface area contributed by atoms with Gasteiger partial charge in [-0.2, -0.15) is 5.10 Å². The van der Waals surface area contributed by atoms with Gasteiger partial charge in [0.05, 0.1) is 12.8 Å². The third kappa shape index (κ3) is 4.06. The fourth-order valence-electron chi connectivity index (χ4n) is 2.36. The molecule has 1 N–H and O–H groups in total. The number of amides is 1. The summed E-state index contributed by atoms with van der Waals surface area (Å²) in [6, 6.07) is 13.2. The van der Waals surface area contributed by atoms with Crippen LogP contribution >= 0.6 is 15.9 Å². The average Bonchev–Trinajstić information content (AvgIpc) is 3.10. The van der Waals surface area contributed by atoms with Crippen molar-refractivity contribution < 1.29 is 13.9 Å². The Labute approximate surface area is 152 Å². The number of halogens is 2. The Kier molecular flexibility index (Phi) is 5.14. The minimum Gasteiger partial charge on any atom is -0.496 e. The van der Waals surface area contributed by atoms with E-state index >= 15 is 0 Å². The van der Waals surface area contributed by atoms with Gasteiger partial charge < -0.3 is 10.1 Å². The number of ether oxygens (including phenoxy) is 1. The maximum atomic E-state index is 13.3. The third-order valence-corrected chi connectivity index (χ3v) is 4.07. The van der Waals surface area contributed by atoms with Gasteiger partial charge in [-0.05, 0) is 42.5 Å². The smallest absolute Gasteiger partial charge is 0.272 e. The first-order chi connectivity index (χ1) is 12.1. The molecular weight excluding hydrogens is 389 g/mol. The van der Waals surface area contributed by atoms with E-state index in [1.807, 2.05) is 18.2 Å². The van der Waals surface area contributed by atoms with Crippen LogP contribution in [0.5, 0.6) is 5.75 Å². The van der Waals surface area contributed by atoms with Crippen LogP contribution in [0.4, 0.5) is 4.39 Å². The van der Waals surface area contributed by atoms with Crippen molar-refractivity contribution in [3.8, 4) is 11.4 Å². The summed E-state index contributed by atoms with van der Waals surface area (Å²) in [5, 5.41) is 7.00. The van der Waals surface area contributed by atoms with Gasteiger partial charge in [-0.3, -0.25) is 4.79 Å². The minimum absolute atomic E-state index is 0.248. The highest BCUT2D eigenvalue weighted by Gasteiger charge is 2.12. The molecule has 0 radical (unpaired) electrons. The predicted octanol–water partition coefficient (Wildman–Crippen LogP) is 3.71. The SMILES string of the molecule is COc1ccc(Br)cc1CNC(=O)c1ccn(-c2cccc(F)c2)n1. The van der Waals surface area contributed by atoms with E-state index in [4.69, 9.17) is 4.74 Å². The summed E-state index contributed by atoms with van der Waals surface area (Å²) in [5.74, 6) is 0.00622. The number of carbonyl (C=O) groups is 1. The molecule has 0 saturated carbocycles. The Balaban J connectivity index is 1.71. The molecule has 2 aromatic carbocycles. The molecule has 7 heteroatoms. The van der Waals surface area contributed by atoms with Crippen molar-refractivity contribution in [3.05, 3.63) is 76.3 Å². The Morgan fingerprint density at radius 2 is 2.12 bits per heavy atom. The second kappa shape index (κ2) is 7.48. The fraction of sp³-hybridized carbons (Fsp3) is 0.111. The lowest BCUT2D eigenvalue weighted by molar-refractivity contribution is 0.0945. The van der Waals surface area contributed by atoms with Crippen LogP contribution in [0.15, 0.2) is 59.2 Å². The first kappa shape index (κ1) is 17.2. The number of hydrogen-bond donors (Lipinski definition) is 1. The van der Waals surface area contributed by atoms with Gasteiger partial charge >= 0.3 is 0 Å². The van der Waals surface area contributed by atoms with Crippen LogP contribution in [0, 0.1) is 5.82 Å². The van der Waals surface area contributed by atoms with Crippen LogP contribution in [0.1, 0.15) is 16.1 Å². The van der Waals surface area contributed by atoms with Crippen molar-refractivity contribution in [1.29, 1.82) is 0 Å². The number of nitrogens with one attached hydrogen (secondary N) is 1. The lowest BCUT2D eigenvalue weighted by Gasteiger charge is -2.09. The zero-order valence-electron chi connectivity index (χ0n) is 13.4. The van der Waals surface area contributed by atoms with Crippen LogP contribution in [-0.2, 0) is 6.54 Å². The summed E-state index contributed by atoms with van der Waals surface area (Å²) in [6.45, 7) is 0.300. The molecule has 0 aliphatic heterocycles. The number of hydrogen-bond acceptors (Lipinski definition) is 3. The normalized spacial score (nSPS) is 10.5. The van der Waals surface area contributed by atoms with Crippen molar-refractivity contribution >= 4 is 21.8 Å². The van der Waals surface area contributed by atoms with Gasteiger partial charge in [0.2, 0.25) is 0 Å². The van der Waals surface area contributed by atoms with Crippen molar-refractivity contribution in [1.82, 2.24) is 15.1 Å². The molecule has 0 bridgehead atoms. The standard InChI is InChI=1S/C18H15BrFN3O2/c1-25-17-6-5-13(19)9-12(17)11-21-18(24)16-7-8-23(22-16)15-4-2-3-14(20)10-15/h2-10H,11H2,1H3,(H,21,24). The predicted molar refractivity (Wildman–Crippen MR) is 95.4 cm³/mol. The van der Waals surface area contributed by atoms with Crippen molar-refractivity contribution in [3.63, 3.8) is 0 Å². The Morgan fingerprint density at radius 1 is 1.28 bits per heavy atom. The topological polar surface area (TPSA) is 56.1 Å². The number of methoxy groups -OCH3 is 1. The molecule has 25 heavy (non-hydrogen) atoms. The maximum Gasteiger partial charge on any atom is 0.272 e. The van der Waals surface area contributed by atoms with Gasteiger partial charge in [-0.25, -0.2) is 9.07 Å². The van der Waals surface area contributed by atoms with Gasteiger partial charge in [0.1, 0.15) is 11.6 Å². The Bertz CT molecular complexity index is 911. The summed E-state index contributed by atoms with van der Waals surface area (Å²) in [4.78, 5) is 12.3. The van der Waals surface area contributed by atoms with Crippen molar-refractivity contribution in [2.24, 2.45) is 0 Å². The Morgan fingerprint density at radius 3 is 2.88 bits per heavy atom. The van der Waals surface area contributed by atoms with Crippen LogP contribution < -0.4 is 10.1 Å². The summed E-state index contributed by atoms with van der Waals surface area (Å²) < 4.78 is 20.9. The van der Waals surface area contributed by atoms with Gasteiger partial charge in [-0.1, -0.05) is 22.0 Å². The molecule has 0 aliphatic carbocycles. The van der Waals surface area contributed by atoms with Gasteiger partial charge in [0, 0.05) is 22.8 Å². The van der Waals surface area contributed by atoms with Crippen LogP contribution in [0.2, 0.25) is 0 Å². The van der Waals surface area contributed by atoms with Gasteiger partial charge in [0.15, 0.2) is 5.69 Å². The summed E-state index contributed by atoms with van der Waals surface area (Å²) in [6.07, 6.45) is 1.61. The second-order valence-corrected chi connectivity index (χ2v) is 6.18. The van der Waals surface area contributed by atoms with Crippen molar-refractivity contribution in [2.75, 3.05) is 7.11 Å². The molecule has 3 aromatic rings. The molecule has 3 rings (SSSR count). The summed E-state index contributed by atoms with van der Waals surface area (Å²) >= 11 is 3.40. The number of nitrogens with zero attached hydrogens (tertiary/aromatic N) is 2. The number of carbonyl (C=O) groups excluding carboxylic acids is 1. The molecule has 0 aliphatic rings. The van der Waals surface area contributed by atoms with E-state index in [1.54, 1.807) is 31.5 Å². The number of benzene rings is 2. The minimum atomic E-state index is -0.360. The molecule has 1 amide bonds. The number of rotatable bonds is 5. The van der Waals surface area contributed by atoms with Crippen LogP contribution in [0.3, 0.4) is 0 Å². The van der Waals surface area contributed by atoms with Gasteiger partial charge in [0.25, 0.3) is 5.91 Å². The maximum absolute atomic E-state index is 13.3. The summed E-state index contributed by atoms with van der Waals surface area (Å²) in [5.41, 5.74) is 1.64. The monoisotopic (exact) mass is 403 g/mol. The largest absolute Gasteiger partial charge is 0.496 e. The van der Waals surface area contributed by atoms with Crippen LogP contribution in [-0.4, -0.2) is 22.8 Å². The molecule has 1 heterocycles. The first-order valence-electron chi connectivity index (χ1n) is 7.49. The molecule has 5 nitrogen and oxygen atoms in total. The Hall–Kier alpha value is -2.67. The lowest BCUT2D eigenvalue weighted by Crippen LogP contribution is -2.23. The second-order valence-electron chi connectivity index (χ2n) is 5.26. The quantitative estimate of drug-likeness (QED) is 0.706. The lowest BCUT2D eigenvalue weighted by atomic mass is 10.2. The molecule has 0 fully saturated rings. The highest BCUT2D eigenvalue weighted by Crippen LogP contribution is 2.22. The first-order valence-corrected chi connectivity index (χ1v) is 8.28. The van der Waals surface area contributed by atoms with E-state index in [9.17, 15) is 9.18 Å². The molecular formula is C18H15BrFN3O2. The molecule has 1 aromatic heterocycles. The van der Waals surface area contributed by atoms with E-state index in [-0.39, 0.29) is 17.4 Å². The molecule has 0 atom stereocenters. The molecule has 0 saturated heterocycles. The zero-order valence-corrected chi connectivity index (χ0v) is 15.0. The fourth-order valence-corrected chi connectivity index (χ4v) is 2.77. The summed E-state index contributed by atoms with van der Waals surface area (Å²) in [7, 11) is 1.58. The van der Waals surface area contributed by atoms with Crippen molar-refractivity contribution in [2.45, 2.75) is 6.54 Å². The average molecular weight is 404 g/mol. The van der Waals surface area contributed by atoms with E-state index < -0.39 is 0 Å². The molecule has 128 valence electrons. The van der Waals surface area contributed by atoms with Crippen LogP contribution in [0.25, 0.3) is 5.69 Å². The van der Waals surface area contributed by atoms with Gasteiger partial charge in [-0.15, -0.1) is 0 Å². The zero-order chi connectivity index (χ0) is 17.8. The number of aromatic nitrogens is 2. The van der Waals surface area contributed by atoms with E-state index in [0.717, 1.165) is 10.0 Å². The van der Waals surface area contributed by atoms with E-state index in [1.165, 1.54) is 16.8 Å².